The number of rotatable bonds is 5. The molecule has 0 rings (SSSR count). The van der Waals surface area contributed by atoms with Gasteiger partial charge in [-0.3, -0.25) is 9.11 Å². The van der Waals surface area contributed by atoms with Gasteiger partial charge in [-0.25, -0.2) is 0 Å². The van der Waals surface area contributed by atoms with Crippen LogP contribution in [0.25, 0.3) is 0 Å². The Morgan fingerprint density at radius 1 is 1.15 bits per heavy atom. The molecule has 6 nitrogen and oxygen atoms in total. The third-order valence-corrected chi connectivity index (χ3v) is 4.50. The first-order chi connectivity index (χ1) is 5.67. The largest absolute Gasteiger partial charge is 0.286 e. The Morgan fingerprint density at radius 2 is 1.62 bits per heavy atom. The van der Waals surface area contributed by atoms with E-state index in [9.17, 15) is 16.8 Å². The van der Waals surface area contributed by atoms with Gasteiger partial charge in [0.1, 0.15) is 0 Å². The molecular formula is C4H9BrO6S2. The van der Waals surface area contributed by atoms with E-state index in [4.69, 9.17) is 9.11 Å². The number of alkyl halides is 1. The minimum absolute atomic E-state index is 0.0820. The summed E-state index contributed by atoms with van der Waals surface area (Å²) in [5.74, 6) is -0.691. The van der Waals surface area contributed by atoms with Crippen molar-refractivity contribution in [2.45, 2.75) is 11.7 Å². The van der Waals surface area contributed by atoms with Crippen LogP contribution in [0.5, 0.6) is 0 Å². The number of halogens is 1. The molecule has 13 heavy (non-hydrogen) atoms. The van der Waals surface area contributed by atoms with Crippen molar-refractivity contribution >= 4 is 36.2 Å². The average Bonchev–Trinajstić information content (AvgIpc) is 1.82. The van der Waals surface area contributed by atoms with Gasteiger partial charge in [0.2, 0.25) is 0 Å². The highest BCUT2D eigenvalue weighted by Crippen LogP contribution is 2.08. The molecule has 0 spiro atoms. The number of hydrogen-bond donors (Lipinski definition) is 2. The van der Waals surface area contributed by atoms with Crippen molar-refractivity contribution in [1.29, 1.82) is 0 Å². The molecule has 0 aromatic carbocycles. The zero-order chi connectivity index (χ0) is 10.7. The second kappa shape index (κ2) is 4.69. The Labute approximate surface area is 85.0 Å². The molecule has 0 aromatic rings. The van der Waals surface area contributed by atoms with Crippen LogP contribution in [0.4, 0.5) is 0 Å². The summed E-state index contributed by atoms with van der Waals surface area (Å²) in [7, 11) is -8.45. The lowest BCUT2D eigenvalue weighted by Crippen LogP contribution is -2.25. The van der Waals surface area contributed by atoms with E-state index in [1.807, 2.05) is 0 Å². The summed E-state index contributed by atoms with van der Waals surface area (Å²) in [6.07, 6.45) is -0.344. The van der Waals surface area contributed by atoms with Crippen LogP contribution in [-0.4, -0.2) is 42.3 Å². The monoisotopic (exact) mass is 296 g/mol. The lowest BCUT2D eigenvalue weighted by molar-refractivity contribution is 0.465. The zero-order valence-corrected chi connectivity index (χ0v) is 9.64. The fourth-order valence-corrected chi connectivity index (χ4v) is 3.22. The second-order valence-corrected chi connectivity index (χ2v) is 6.28. The zero-order valence-electron chi connectivity index (χ0n) is 6.42. The summed E-state index contributed by atoms with van der Waals surface area (Å²) in [6, 6.07) is 0. The van der Waals surface area contributed by atoms with Gasteiger partial charge in [0, 0.05) is 5.33 Å². The maximum absolute atomic E-state index is 10.5. The second-order valence-electron chi connectivity index (χ2n) is 2.37. The van der Waals surface area contributed by atoms with Crippen molar-refractivity contribution in [3.63, 3.8) is 0 Å². The first-order valence-corrected chi connectivity index (χ1v) is 7.37. The fraction of sp³-hybridized carbons (Fsp3) is 1.00. The molecule has 9 heteroatoms. The Balaban J connectivity index is 4.35. The average molecular weight is 297 g/mol. The lowest BCUT2D eigenvalue weighted by atomic mass is 10.4. The van der Waals surface area contributed by atoms with Crippen LogP contribution in [0, 0.1) is 0 Å². The van der Waals surface area contributed by atoms with Gasteiger partial charge in [-0.15, -0.1) is 0 Å². The SMILES string of the molecule is O=S(=O)(O)CCC(CBr)S(=O)(=O)O. The first-order valence-electron chi connectivity index (χ1n) is 3.14. The van der Waals surface area contributed by atoms with Crippen molar-refractivity contribution in [3.05, 3.63) is 0 Å². The topological polar surface area (TPSA) is 109 Å². The molecule has 0 radical (unpaired) electrons. The Kier molecular flexibility index (Phi) is 4.80. The van der Waals surface area contributed by atoms with E-state index in [2.05, 4.69) is 15.9 Å². The minimum atomic E-state index is -4.26. The Bertz CT molecular complexity index is 343. The maximum Gasteiger partial charge on any atom is 0.268 e. The molecule has 80 valence electrons. The van der Waals surface area contributed by atoms with E-state index in [1.54, 1.807) is 0 Å². The van der Waals surface area contributed by atoms with Gasteiger partial charge in [-0.1, -0.05) is 15.9 Å². The molecule has 1 unspecified atom stereocenters. The third-order valence-electron chi connectivity index (χ3n) is 1.29. The van der Waals surface area contributed by atoms with E-state index >= 15 is 0 Å². The third kappa shape index (κ3) is 6.38. The fourth-order valence-electron chi connectivity index (χ4n) is 0.586. The van der Waals surface area contributed by atoms with Crippen molar-refractivity contribution in [2.75, 3.05) is 11.1 Å². The van der Waals surface area contributed by atoms with Crippen molar-refractivity contribution in [2.24, 2.45) is 0 Å². The van der Waals surface area contributed by atoms with E-state index in [-0.39, 0.29) is 11.8 Å². The standard InChI is InChI=1S/C4H9BrO6S2/c5-3-4(13(9,10)11)1-2-12(6,7)8/h4H,1-3H2,(H,6,7,8)(H,9,10,11). The van der Waals surface area contributed by atoms with Crippen LogP contribution >= 0.6 is 15.9 Å². The van der Waals surface area contributed by atoms with Gasteiger partial charge in [-0.2, -0.15) is 16.8 Å². The molecule has 0 saturated carbocycles. The molecule has 0 aliphatic carbocycles. The molecular weight excluding hydrogens is 288 g/mol. The van der Waals surface area contributed by atoms with Gasteiger partial charge in [0.05, 0.1) is 11.0 Å². The summed E-state index contributed by atoms with van der Waals surface area (Å²) in [6.45, 7) is 0. The molecule has 0 aliphatic rings. The molecule has 1 atom stereocenters. The van der Waals surface area contributed by atoms with Crippen LogP contribution in [0.2, 0.25) is 0 Å². The Morgan fingerprint density at radius 3 is 1.85 bits per heavy atom. The van der Waals surface area contributed by atoms with Crippen LogP contribution < -0.4 is 0 Å². The molecule has 0 saturated heterocycles. The van der Waals surface area contributed by atoms with Crippen molar-refractivity contribution < 1.29 is 25.9 Å². The van der Waals surface area contributed by atoms with E-state index < -0.39 is 31.2 Å². The molecule has 0 fully saturated rings. The summed E-state index contributed by atoms with van der Waals surface area (Å²) in [5.41, 5.74) is 0. The highest BCUT2D eigenvalue weighted by atomic mass is 79.9. The van der Waals surface area contributed by atoms with E-state index in [0.29, 0.717) is 0 Å². The summed E-state index contributed by atoms with van der Waals surface area (Å²) in [4.78, 5) is 0. The highest BCUT2D eigenvalue weighted by Gasteiger charge is 2.23. The van der Waals surface area contributed by atoms with Gasteiger partial charge < -0.3 is 0 Å². The molecule has 0 bridgehead atoms. The minimum Gasteiger partial charge on any atom is -0.286 e. The van der Waals surface area contributed by atoms with Crippen LogP contribution in [0.3, 0.4) is 0 Å². The lowest BCUT2D eigenvalue weighted by Gasteiger charge is -2.08. The maximum atomic E-state index is 10.5. The van der Waals surface area contributed by atoms with Gasteiger partial charge in [0.25, 0.3) is 20.2 Å². The first kappa shape index (κ1) is 13.3. The smallest absolute Gasteiger partial charge is 0.268 e. The van der Waals surface area contributed by atoms with E-state index in [0.717, 1.165) is 0 Å². The Hall–Kier alpha value is 0.300. The molecule has 0 heterocycles. The van der Waals surface area contributed by atoms with E-state index in [1.165, 1.54) is 0 Å². The van der Waals surface area contributed by atoms with Crippen molar-refractivity contribution in [1.82, 2.24) is 0 Å². The van der Waals surface area contributed by atoms with Gasteiger partial charge in [0.15, 0.2) is 0 Å². The van der Waals surface area contributed by atoms with Crippen LogP contribution in [0.1, 0.15) is 6.42 Å². The summed E-state index contributed by atoms with van der Waals surface area (Å²) >= 11 is 2.80. The van der Waals surface area contributed by atoms with Gasteiger partial charge in [-0.05, 0) is 6.42 Å². The highest BCUT2D eigenvalue weighted by molar-refractivity contribution is 9.09. The van der Waals surface area contributed by atoms with Crippen LogP contribution in [0.15, 0.2) is 0 Å². The van der Waals surface area contributed by atoms with Gasteiger partial charge >= 0.3 is 0 Å². The normalized spacial score (nSPS) is 15.6. The summed E-state index contributed by atoms with van der Waals surface area (Å²) in [5, 5.41) is -1.30. The quantitative estimate of drug-likeness (QED) is 0.542. The molecule has 0 aromatic heterocycles. The summed E-state index contributed by atoms with van der Waals surface area (Å²) < 4.78 is 58.4. The van der Waals surface area contributed by atoms with Crippen molar-refractivity contribution in [3.8, 4) is 0 Å². The molecule has 0 aliphatic heterocycles. The predicted molar refractivity (Wildman–Crippen MR) is 50.2 cm³/mol. The molecule has 0 amide bonds. The number of hydrogen-bond acceptors (Lipinski definition) is 4. The van der Waals surface area contributed by atoms with Crippen LogP contribution in [-0.2, 0) is 20.2 Å². The predicted octanol–water partition coefficient (Wildman–Crippen LogP) is -0.0844. The molecule has 2 N–H and O–H groups in total.